The third-order valence-corrected chi connectivity index (χ3v) is 5.69. The molecule has 0 saturated carbocycles. The number of methoxy groups -OCH3 is 1. The molecule has 9 heteroatoms. The molecule has 0 saturated heterocycles. The number of carbonyl (C=O) groups excluding carboxylic acids is 2. The fourth-order valence-electron chi connectivity index (χ4n) is 2.84. The molecule has 3 rings (SSSR count). The zero-order valence-electron chi connectivity index (χ0n) is 16.9. The number of halogens is 2. The molecule has 1 aliphatic heterocycles. The molecule has 2 N–H and O–H groups in total. The van der Waals surface area contributed by atoms with Crippen LogP contribution in [0, 0.1) is 11.6 Å². The van der Waals surface area contributed by atoms with E-state index in [9.17, 15) is 18.4 Å². The van der Waals surface area contributed by atoms with Crippen LogP contribution in [-0.2, 0) is 14.3 Å². The Labute approximate surface area is 182 Å². The molecular weight excluding hydrogens is 424 g/mol. The normalized spacial score (nSPS) is 13.7. The monoisotopic (exact) mass is 445 g/mol. The van der Waals surface area contributed by atoms with Crippen LogP contribution >= 0.6 is 11.8 Å². The first kappa shape index (κ1) is 22.5. The smallest absolute Gasteiger partial charge is 0.311 e. The van der Waals surface area contributed by atoms with Crippen molar-refractivity contribution in [1.82, 2.24) is 0 Å². The molecule has 0 unspecified atom stereocenters. The number of para-hydroxylation sites is 2. The fourth-order valence-corrected chi connectivity index (χ4v) is 3.83. The lowest BCUT2D eigenvalue weighted by Gasteiger charge is -2.15. The van der Waals surface area contributed by atoms with Crippen molar-refractivity contribution in [3.63, 3.8) is 0 Å². The van der Waals surface area contributed by atoms with E-state index in [-0.39, 0.29) is 12.1 Å². The highest BCUT2D eigenvalue weighted by Crippen LogP contribution is 2.32. The number of fused-ring (bicyclic) bond motifs is 1. The molecule has 2 aromatic carbocycles. The van der Waals surface area contributed by atoms with Crippen LogP contribution in [0.2, 0.25) is 0 Å². The highest BCUT2D eigenvalue weighted by Gasteiger charge is 2.23. The van der Waals surface area contributed by atoms with Crippen molar-refractivity contribution in [3.8, 4) is 0 Å². The summed E-state index contributed by atoms with van der Waals surface area (Å²) in [6.07, 6.45) is 2.14. The number of aliphatic imine (C=N–C) groups is 1. The maximum atomic E-state index is 13.9. The van der Waals surface area contributed by atoms with Gasteiger partial charge in [0.15, 0.2) is 0 Å². The number of anilines is 2. The summed E-state index contributed by atoms with van der Waals surface area (Å²) in [6.45, 7) is 1.82. The number of nitrogens with zero attached hydrogens (tertiary/aromatic N) is 1. The number of benzene rings is 2. The van der Waals surface area contributed by atoms with Crippen molar-refractivity contribution in [2.24, 2.45) is 4.99 Å². The Morgan fingerprint density at radius 1 is 1.23 bits per heavy atom. The summed E-state index contributed by atoms with van der Waals surface area (Å²) in [4.78, 5) is 29.1. The molecule has 1 amide bonds. The van der Waals surface area contributed by atoms with Crippen LogP contribution in [0.3, 0.4) is 0 Å². The van der Waals surface area contributed by atoms with Gasteiger partial charge in [0.1, 0.15) is 11.6 Å². The maximum Gasteiger partial charge on any atom is 0.311 e. The quantitative estimate of drug-likeness (QED) is 0.611. The van der Waals surface area contributed by atoms with Gasteiger partial charge in [-0.05, 0) is 36.8 Å². The topological polar surface area (TPSA) is 79.8 Å². The Morgan fingerprint density at radius 3 is 2.71 bits per heavy atom. The zero-order valence-corrected chi connectivity index (χ0v) is 17.8. The van der Waals surface area contributed by atoms with Gasteiger partial charge in [-0.3, -0.25) is 9.59 Å². The summed E-state index contributed by atoms with van der Waals surface area (Å²) < 4.78 is 31.8. The highest BCUT2D eigenvalue weighted by atomic mass is 32.2. The van der Waals surface area contributed by atoms with E-state index in [4.69, 9.17) is 4.74 Å². The summed E-state index contributed by atoms with van der Waals surface area (Å²) in [5.41, 5.74) is 1.85. The summed E-state index contributed by atoms with van der Waals surface area (Å²) >= 11 is 1.19. The molecule has 1 heterocycles. The van der Waals surface area contributed by atoms with Crippen LogP contribution in [0.1, 0.15) is 19.8 Å². The first-order chi connectivity index (χ1) is 14.9. The lowest BCUT2D eigenvalue weighted by molar-refractivity contribution is -0.139. The molecule has 0 radical (unpaired) electrons. The second-order valence-electron chi connectivity index (χ2n) is 6.64. The number of hydrogen-bond donors (Lipinski definition) is 2. The number of carbonyl (C=O) groups is 2. The van der Waals surface area contributed by atoms with Gasteiger partial charge in [-0.25, -0.2) is 13.8 Å². The average Bonchev–Trinajstić information content (AvgIpc) is 2.92. The zero-order chi connectivity index (χ0) is 22.4. The molecule has 2 aromatic rings. The van der Waals surface area contributed by atoms with Crippen LogP contribution in [-0.4, -0.2) is 29.3 Å². The summed E-state index contributed by atoms with van der Waals surface area (Å²) in [6, 6.07) is 10.3. The number of esters is 1. The van der Waals surface area contributed by atoms with Gasteiger partial charge in [-0.1, -0.05) is 30.8 Å². The molecule has 1 atom stereocenters. The Balaban J connectivity index is 1.83. The minimum atomic E-state index is -0.849. The summed E-state index contributed by atoms with van der Waals surface area (Å²) in [7, 11) is 1.31. The Hall–Kier alpha value is -3.20. The van der Waals surface area contributed by atoms with Crippen LogP contribution in [0.4, 0.5) is 25.8 Å². The fraction of sp³-hybridized carbons (Fsp3) is 0.227. The maximum absolute atomic E-state index is 13.9. The van der Waals surface area contributed by atoms with Crippen LogP contribution in [0.25, 0.3) is 0 Å². The highest BCUT2D eigenvalue weighted by molar-refractivity contribution is 8.15. The van der Waals surface area contributed by atoms with Gasteiger partial charge >= 0.3 is 5.97 Å². The van der Waals surface area contributed by atoms with Crippen molar-refractivity contribution in [1.29, 1.82) is 0 Å². The Bertz CT molecular complexity index is 1060. The Morgan fingerprint density at radius 2 is 2.00 bits per heavy atom. The van der Waals surface area contributed by atoms with Gasteiger partial charge in [-0.15, -0.1) is 0 Å². The van der Waals surface area contributed by atoms with Gasteiger partial charge in [0.2, 0.25) is 5.91 Å². The lowest BCUT2D eigenvalue weighted by atomic mass is 10.2. The molecule has 31 heavy (non-hydrogen) atoms. The Kier molecular flexibility index (Phi) is 7.41. The molecule has 6 nitrogen and oxygen atoms in total. The predicted octanol–water partition coefficient (Wildman–Crippen LogP) is 5.02. The first-order valence-corrected chi connectivity index (χ1v) is 10.4. The molecule has 0 spiro atoms. The second kappa shape index (κ2) is 10.2. The van der Waals surface area contributed by atoms with E-state index in [0.29, 0.717) is 28.9 Å². The van der Waals surface area contributed by atoms with E-state index < -0.39 is 28.8 Å². The molecule has 1 aliphatic rings. The molecule has 0 aliphatic carbocycles. The number of nitrogens with one attached hydrogen (secondary N) is 2. The molecule has 0 bridgehead atoms. The number of ether oxygens (including phenoxy) is 1. The van der Waals surface area contributed by atoms with Crippen molar-refractivity contribution < 1.29 is 23.1 Å². The van der Waals surface area contributed by atoms with Crippen LogP contribution < -0.4 is 10.6 Å². The number of hydrogen-bond acceptors (Lipinski definition) is 6. The van der Waals surface area contributed by atoms with E-state index in [0.717, 1.165) is 11.8 Å². The van der Waals surface area contributed by atoms with Crippen molar-refractivity contribution in [3.05, 3.63) is 65.9 Å². The number of thioether (sulfide) groups is 1. The number of rotatable bonds is 6. The van der Waals surface area contributed by atoms with Crippen LogP contribution in [0.15, 0.2) is 59.2 Å². The SMILES string of the molecule is CC[C@H](SC1=Nc2ccccc2NC(CC(=O)OC)=C1)C(=O)Nc1ccc(F)cc1F. The van der Waals surface area contributed by atoms with E-state index in [2.05, 4.69) is 15.6 Å². The van der Waals surface area contributed by atoms with Gasteiger partial charge in [0, 0.05) is 11.8 Å². The van der Waals surface area contributed by atoms with E-state index >= 15 is 0 Å². The number of amides is 1. The van der Waals surface area contributed by atoms with Crippen LogP contribution in [0.5, 0.6) is 0 Å². The minimum absolute atomic E-state index is 0.00813. The first-order valence-electron chi connectivity index (χ1n) is 9.54. The minimum Gasteiger partial charge on any atom is -0.469 e. The molecule has 0 fully saturated rings. The standard InChI is InChI=1S/C22H21F2N3O3S/c1-3-19(22(29)27-16-9-8-13(23)10-15(16)24)31-20-11-14(12-21(28)30-2)25-17-6-4-5-7-18(17)26-20/h4-11,19,25H,3,12H2,1-2H3,(H,27,29)/t19-/m0/s1. The third kappa shape index (κ3) is 5.91. The lowest BCUT2D eigenvalue weighted by Crippen LogP contribution is -2.26. The summed E-state index contributed by atoms with van der Waals surface area (Å²) in [5, 5.41) is 5.59. The van der Waals surface area contributed by atoms with Crippen molar-refractivity contribution >= 4 is 45.7 Å². The van der Waals surface area contributed by atoms with Gasteiger partial charge in [-0.2, -0.15) is 0 Å². The molecule has 162 valence electrons. The largest absolute Gasteiger partial charge is 0.469 e. The van der Waals surface area contributed by atoms with Crippen molar-refractivity contribution in [2.45, 2.75) is 25.0 Å². The third-order valence-electron chi connectivity index (χ3n) is 4.41. The van der Waals surface area contributed by atoms with E-state index in [1.165, 1.54) is 24.9 Å². The van der Waals surface area contributed by atoms with Gasteiger partial charge < -0.3 is 15.4 Å². The van der Waals surface area contributed by atoms with Crippen molar-refractivity contribution in [2.75, 3.05) is 17.7 Å². The predicted molar refractivity (Wildman–Crippen MR) is 119 cm³/mol. The summed E-state index contributed by atoms with van der Waals surface area (Å²) in [5.74, 6) is -2.43. The average molecular weight is 445 g/mol. The van der Waals surface area contributed by atoms with Gasteiger partial charge in [0.05, 0.1) is 40.9 Å². The van der Waals surface area contributed by atoms with E-state index in [1.54, 1.807) is 6.08 Å². The second-order valence-corrected chi connectivity index (χ2v) is 7.87. The van der Waals surface area contributed by atoms with E-state index in [1.807, 2.05) is 31.2 Å². The molecule has 0 aromatic heterocycles. The molecular formula is C22H21F2N3O3S. The van der Waals surface area contributed by atoms with Gasteiger partial charge in [0.25, 0.3) is 0 Å².